The van der Waals surface area contributed by atoms with Crippen molar-refractivity contribution < 1.29 is 8.42 Å². The monoisotopic (exact) mass is 270 g/mol. The van der Waals surface area contributed by atoms with Crippen molar-refractivity contribution in [2.75, 3.05) is 24.3 Å². The van der Waals surface area contributed by atoms with Gasteiger partial charge in [0.1, 0.15) is 11.6 Å². The molecule has 0 aliphatic carbocycles. The topological polar surface area (TPSA) is 89.2 Å². The van der Waals surface area contributed by atoms with Gasteiger partial charge < -0.3 is 5.73 Å². The standard InChI is InChI=1S/C11H18N4O2S/c1-8-5-10(12)14-11(13-8)6-15(2)9-3-4-18(16,17)7-9/h5,9H,3-4,6-7H2,1-2H3,(H2,12,13,14). The van der Waals surface area contributed by atoms with Gasteiger partial charge in [-0.25, -0.2) is 18.4 Å². The molecule has 1 aliphatic heterocycles. The van der Waals surface area contributed by atoms with Gasteiger partial charge in [0.25, 0.3) is 0 Å². The number of hydrogen-bond donors (Lipinski definition) is 1. The van der Waals surface area contributed by atoms with Crippen molar-refractivity contribution in [2.24, 2.45) is 0 Å². The molecule has 6 nitrogen and oxygen atoms in total. The third-order valence-corrected chi connectivity index (χ3v) is 4.89. The lowest BCUT2D eigenvalue weighted by Crippen LogP contribution is -2.32. The molecule has 1 fully saturated rings. The zero-order chi connectivity index (χ0) is 13.3. The summed E-state index contributed by atoms with van der Waals surface area (Å²) in [7, 11) is -0.960. The smallest absolute Gasteiger partial charge is 0.151 e. The Bertz CT molecular complexity index is 524. The van der Waals surface area contributed by atoms with Gasteiger partial charge in [0.2, 0.25) is 0 Å². The van der Waals surface area contributed by atoms with E-state index >= 15 is 0 Å². The summed E-state index contributed by atoms with van der Waals surface area (Å²) in [5, 5.41) is 0. The molecule has 0 bridgehead atoms. The van der Waals surface area contributed by atoms with Crippen molar-refractivity contribution in [3.8, 4) is 0 Å². The van der Waals surface area contributed by atoms with Gasteiger partial charge in [-0.05, 0) is 20.4 Å². The van der Waals surface area contributed by atoms with Gasteiger partial charge in [-0.2, -0.15) is 0 Å². The van der Waals surface area contributed by atoms with Gasteiger partial charge >= 0.3 is 0 Å². The van der Waals surface area contributed by atoms with E-state index in [9.17, 15) is 8.42 Å². The van der Waals surface area contributed by atoms with Crippen LogP contribution in [-0.2, 0) is 16.4 Å². The summed E-state index contributed by atoms with van der Waals surface area (Å²) in [5.41, 5.74) is 6.49. The van der Waals surface area contributed by atoms with Crippen LogP contribution in [-0.4, -0.2) is 47.9 Å². The lowest BCUT2D eigenvalue weighted by atomic mass is 10.2. The molecule has 2 rings (SSSR count). The zero-order valence-electron chi connectivity index (χ0n) is 10.6. The summed E-state index contributed by atoms with van der Waals surface area (Å²) in [5.74, 6) is 1.59. The van der Waals surface area contributed by atoms with Gasteiger partial charge in [-0.3, -0.25) is 4.90 Å². The Hall–Kier alpha value is -1.21. The molecular weight excluding hydrogens is 252 g/mol. The molecule has 0 spiro atoms. The number of aromatic nitrogens is 2. The third kappa shape index (κ3) is 3.17. The number of anilines is 1. The fourth-order valence-corrected chi connectivity index (χ4v) is 4.01. The lowest BCUT2D eigenvalue weighted by molar-refractivity contribution is 0.248. The molecule has 18 heavy (non-hydrogen) atoms. The number of aryl methyl sites for hydroxylation is 1. The van der Waals surface area contributed by atoms with E-state index in [2.05, 4.69) is 9.97 Å². The van der Waals surface area contributed by atoms with Crippen LogP contribution in [0.15, 0.2) is 6.07 Å². The maximum atomic E-state index is 11.4. The number of nitrogens with two attached hydrogens (primary N) is 1. The highest BCUT2D eigenvalue weighted by molar-refractivity contribution is 7.91. The predicted octanol–water partition coefficient (Wildman–Crippen LogP) is -0.0139. The number of hydrogen-bond acceptors (Lipinski definition) is 6. The van der Waals surface area contributed by atoms with Gasteiger partial charge in [0.15, 0.2) is 9.84 Å². The number of nitrogen functional groups attached to an aromatic ring is 1. The Morgan fingerprint density at radius 2 is 2.22 bits per heavy atom. The molecule has 0 aromatic carbocycles. The Balaban J connectivity index is 2.05. The van der Waals surface area contributed by atoms with Crippen LogP contribution < -0.4 is 5.73 Å². The molecule has 2 heterocycles. The number of nitrogens with zero attached hydrogens (tertiary/aromatic N) is 3. The van der Waals surface area contributed by atoms with Crippen molar-refractivity contribution in [1.29, 1.82) is 0 Å². The Morgan fingerprint density at radius 3 is 2.78 bits per heavy atom. The van der Waals surface area contributed by atoms with E-state index in [0.29, 0.717) is 24.6 Å². The van der Waals surface area contributed by atoms with Gasteiger partial charge in [0, 0.05) is 17.8 Å². The fraction of sp³-hybridized carbons (Fsp3) is 0.636. The molecule has 0 amide bonds. The third-order valence-electron chi connectivity index (χ3n) is 3.14. The Kier molecular flexibility index (Phi) is 3.54. The molecule has 7 heteroatoms. The molecule has 2 N–H and O–H groups in total. The highest BCUT2D eigenvalue weighted by atomic mass is 32.2. The molecule has 1 aromatic rings. The van der Waals surface area contributed by atoms with Gasteiger partial charge in [0.05, 0.1) is 18.1 Å². The largest absolute Gasteiger partial charge is 0.384 e. The molecule has 1 aliphatic rings. The summed E-state index contributed by atoms with van der Waals surface area (Å²) >= 11 is 0. The second-order valence-electron chi connectivity index (χ2n) is 4.82. The first kappa shape index (κ1) is 13.2. The van der Waals surface area contributed by atoms with Crippen LogP contribution in [0.3, 0.4) is 0 Å². The SMILES string of the molecule is Cc1cc(N)nc(CN(C)C2CCS(=O)(=O)C2)n1. The van der Waals surface area contributed by atoms with Gasteiger partial charge in [-0.15, -0.1) is 0 Å². The van der Waals surface area contributed by atoms with Crippen molar-refractivity contribution in [3.05, 3.63) is 17.6 Å². The van der Waals surface area contributed by atoms with E-state index in [1.807, 2.05) is 18.9 Å². The maximum absolute atomic E-state index is 11.4. The van der Waals surface area contributed by atoms with Crippen LogP contribution >= 0.6 is 0 Å². The van der Waals surface area contributed by atoms with Crippen LogP contribution in [0.1, 0.15) is 17.9 Å². The molecule has 1 unspecified atom stereocenters. The average Bonchev–Trinajstić information content (AvgIpc) is 2.57. The van der Waals surface area contributed by atoms with Crippen LogP contribution in [0.5, 0.6) is 0 Å². The van der Waals surface area contributed by atoms with E-state index in [1.165, 1.54) is 0 Å². The van der Waals surface area contributed by atoms with Crippen molar-refractivity contribution in [3.63, 3.8) is 0 Å². The quantitative estimate of drug-likeness (QED) is 0.830. The van der Waals surface area contributed by atoms with E-state index in [4.69, 9.17) is 5.73 Å². The lowest BCUT2D eigenvalue weighted by Gasteiger charge is -2.22. The normalized spacial score (nSPS) is 22.5. The number of sulfone groups is 1. The van der Waals surface area contributed by atoms with E-state index in [-0.39, 0.29) is 17.5 Å². The summed E-state index contributed by atoms with van der Waals surface area (Å²) in [6.45, 7) is 2.38. The van der Waals surface area contributed by atoms with Crippen LogP contribution in [0.25, 0.3) is 0 Å². The minimum atomic E-state index is -2.86. The van der Waals surface area contributed by atoms with Gasteiger partial charge in [-0.1, -0.05) is 0 Å². The first-order chi connectivity index (χ1) is 8.35. The summed E-state index contributed by atoms with van der Waals surface area (Å²) in [4.78, 5) is 10.4. The predicted molar refractivity (Wildman–Crippen MR) is 69.7 cm³/mol. The number of rotatable bonds is 3. The minimum absolute atomic E-state index is 0.0559. The average molecular weight is 270 g/mol. The van der Waals surface area contributed by atoms with Crippen molar-refractivity contribution in [2.45, 2.75) is 25.9 Å². The second kappa shape index (κ2) is 4.81. The first-order valence-electron chi connectivity index (χ1n) is 5.86. The van der Waals surface area contributed by atoms with Crippen LogP contribution in [0, 0.1) is 6.92 Å². The Morgan fingerprint density at radius 1 is 1.50 bits per heavy atom. The fourth-order valence-electron chi connectivity index (χ4n) is 2.20. The van der Waals surface area contributed by atoms with E-state index in [1.54, 1.807) is 6.07 Å². The maximum Gasteiger partial charge on any atom is 0.151 e. The van der Waals surface area contributed by atoms with Crippen molar-refractivity contribution >= 4 is 15.7 Å². The van der Waals surface area contributed by atoms with Crippen molar-refractivity contribution in [1.82, 2.24) is 14.9 Å². The van der Waals surface area contributed by atoms with E-state index in [0.717, 1.165) is 5.69 Å². The molecule has 1 aromatic heterocycles. The molecule has 100 valence electrons. The summed E-state index contributed by atoms with van der Waals surface area (Å²) in [6, 6.07) is 1.77. The van der Waals surface area contributed by atoms with Crippen LogP contribution in [0.4, 0.5) is 5.82 Å². The van der Waals surface area contributed by atoms with Crippen LogP contribution in [0.2, 0.25) is 0 Å². The first-order valence-corrected chi connectivity index (χ1v) is 7.68. The molecule has 1 saturated heterocycles. The molecule has 0 radical (unpaired) electrons. The summed E-state index contributed by atoms with van der Waals surface area (Å²) in [6.07, 6.45) is 0.681. The summed E-state index contributed by atoms with van der Waals surface area (Å²) < 4.78 is 22.9. The molecule has 1 atom stereocenters. The zero-order valence-corrected chi connectivity index (χ0v) is 11.4. The minimum Gasteiger partial charge on any atom is -0.384 e. The highest BCUT2D eigenvalue weighted by Gasteiger charge is 2.30. The Labute approximate surface area is 107 Å². The highest BCUT2D eigenvalue weighted by Crippen LogP contribution is 2.17. The molecular formula is C11H18N4O2S. The van der Waals surface area contributed by atoms with E-state index < -0.39 is 9.84 Å². The molecule has 0 saturated carbocycles. The second-order valence-corrected chi connectivity index (χ2v) is 7.05.